The number of nitrogens with one attached hydrogen (secondary N) is 1. The van der Waals surface area contributed by atoms with Crippen LogP contribution in [0.1, 0.15) is 47.8 Å². The molecule has 34 heavy (non-hydrogen) atoms. The second-order valence-corrected chi connectivity index (χ2v) is 8.36. The van der Waals surface area contributed by atoms with Gasteiger partial charge in [0.1, 0.15) is 11.8 Å². The number of carbonyl (C=O) groups is 2. The first-order valence-electron chi connectivity index (χ1n) is 11.3. The molecular weight excluding hydrogens is 436 g/mol. The van der Waals surface area contributed by atoms with Gasteiger partial charge in [-0.15, -0.1) is 0 Å². The van der Waals surface area contributed by atoms with Crippen LogP contribution >= 0.6 is 0 Å². The topological polar surface area (TPSA) is 90.2 Å². The molecule has 2 aliphatic rings. The van der Waals surface area contributed by atoms with Crippen LogP contribution in [0.4, 0.5) is 5.69 Å². The van der Waals surface area contributed by atoms with E-state index in [-0.39, 0.29) is 24.5 Å². The molecule has 1 aliphatic heterocycles. The minimum absolute atomic E-state index is 0.0814. The fraction of sp³-hybridized carbons (Fsp3) is 0.308. The summed E-state index contributed by atoms with van der Waals surface area (Å²) in [5.41, 5.74) is 1.10. The number of hydrogen-bond donors (Lipinski definition) is 1. The number of hydrogen-bond acceptors (Lipinski definition) is 6. The predicted molar refractivity (Wildman–Crippen MR) is 124 cm³/mol. The van der Waals surface area contributed by atoms with Crippen LogP contribution in [0.5, 0.6) is 17.2 Å². The van der Waals surface area contributed by atoms with Gasteiger partial charge >= 0.3 is 0 Å². The molecule has 5 rings (SSSR count). The maximum absolute atomic E-state index is 13.8. The number of fused-ring (bicyclic) bond motifs is 1. The zero-order chi connectivity index (χ0) is 23.5. The fourth-order valence-electron chi connectivity index (χ4n) is 4.52. The number of rotatable bonds is 7. The van der Waals surface area contributed by atoms with Crippen molar-refractivity contribution >= 4 is 17.5 Å². The summed E-state index contributed by atoms with van der Waals surface area (Å²) in [7, 11) is 1.57. The molecule has 1 fully saturated rings. The standard InChI is InChI=1S/C26H26N2O6/c1-31-20-9-4-6-17(14-20)24(25(29)27-18-7-2-3-8-18)28(26(30)22-10-5-13-32-22)19-11-12-21-23(15-19)34-16-33-21/h4-6,9-15,18,24H,2-3,7-8,16H2,1H3,(H,27,29)/t24-/m0/s1. The molecule has 176 valence electrons. The maximum atomic E-state index is 13.8. The molecule has 0 saturated heterocycles. The Hall–Kier alpha value is -3.94. The van der Waals surface area contributed by atoms with Gasteiger partial charge in [0.25, 0.3) is 5.91 Å². The average Bonchev–Trinajstić information content (AvgIpc) is 3.64. The summed E-state index contributed by atoms with van der Waals surface area (Å²) in [6.07, 6.45) is 5.43. The van der Waals surface area contributed by atoms with Gasteiger partial charge in [0, 0.05) is 17.8 Å². The molecule has 1 aliphatic carbocycles. The Labute approximate surface area is 197 Å². The molecule has 0 unspecified atom stereocenters. The maximum Gasteiger partial charge on any atom is 0.294 e. The Balaban J connectivity index is 1.62. The first-order valence-corrected chi connectivity index (χ1v) is 11.3. The van der Waals surface area contributed by atoms with Crippen molar-refractivity contribution in [1.82, 2.24) is 5.32 Å². The van der Waals surface area contributed by atoms with Gasteiger partial charge in [-0.05, 0) is 54.8 Å². The smallest absolute Gasteiger partial charge is 0.294 e. The van der Waals surface area contributed by atoms with Crippen molar-refractivity contribution in [2.75, 3.05) is 18.8 Å². The van der Waals surface area contributed by atoms with Gasteiger partial charge < -0.3 is 23.9 Å². The van der Waals surface area contributed by atoms with Crippen LogP contribution < -0.4 is 24.4 Å². The molecule has 1 N–H and O–H groups in total. The second kappa shape index (κ2) is 9.51. The second-order valence-electron chi connectivity index (χ2n) is 8.36. The van der Waals surface area contributed by atoms with E-state index in [1.807, 2.05) is 6.07 Å². The zero-order valence-electron chi connectivity index (χ0n) is 18.9. The van der Waals surface area contributed by atoms with E-state index in [0.29, 0.717) is 28.5 Å². The number of benzene rings is 2. The lowest BCUT2D eigenvalue weighted by atomic mass is 10.0. The Morgan fingerprint density at radius 1 is 1.03 bits per heavy atom. The zero-order valence-corrected chi connectivity index (χ0v) is 18.9. The van der Waals surface area contributed by atoms with Crippen molar-refractivity contribution < 1.29 is 28.2 Å². The van der Waals surface area contributed by atoms with E-state index in [1.165, 1.54) is 11.2 Å². The number of ether oxygens (including phenoxy) is 3. The third-order valence-electron chi connectivity index (χ3n) is 6.20. The van der Waals surface area contributed by atoms with E-state index >= 15 is 0 Å². The van der Waals surface area contributed by atoms with Gasteiger partial charge in [-0.1, -0.05) is 25.0 Å². The average molecular weight is 463 g/mol. The summed E-state index contributed by atoms with van der Waals surface area (Å²) < 4.78 is 21.8. The normalized spacial score (nSPS) is 15.7. The van der Waals surface area contributed by atoms with Crippen LogP contribution in [0.2, 0.25) is 0 Å². The van der Waals surface area contributed by atoms with E-state index in [9.17, 15) is 9.59 Å². The quantitative estimate of drug-likeness (QED) is 0.557. The van der Waals surface area contributed by atoms with Gasteiger partial charge in [-0.2, -0.15) is 0 Å². The third kappa shape index (κ3) is 4.31. The summed E-state index contributed by atoms with van der Waals surface area (Å²) in [5.74, 6) is 1.10. The van der Waals surface area contributed by atoms with Crippen LogP contribution in [0.15, 0.2) is 65.3 Å². The predicted octanol–water partition coefficient (Wildman–Crippen LogP) is 4.46. The first-order chi connectivity index (χ1) is 16.6. The molecule has 2 amide bonds. The van der Waals surface area contributed by atoms with Gasteiger partial charge in [0.05, 0.1) is 13.4 Å². The summed E-state index contributed by atoms with van der Waals surface area (Å²) in [6, 6.07) is 14.7. The highest BCUT2D eigenvalue weighted by molar-refractivity contribution is 6.08. The Morgan fingerprint density at radius 2 is 1.85 bits per heavy atom. The molecule has 8 heteroatoms. The molecule has 0 spiro atoms. The number of methoxy groups -OCH3 is 1. The highest BCUT2D eigenvalue weighted by Crippen LogP contribution is 2.39. The van der Waals surface area contributed by atoms with Gasteiger partial charge in [0.15, 0.2) is 17.3 Å². The molecule has 1 aromatic heterocycles. The largest absolute Gasteiger partial charge is 0.497 e. The first kappa shape index (κ1) is 21.9. The molecule has 8 nitrogen and oxygen atoms in total. The Morgan fingerprint density at radius 3 is 2.62 bits per heavy atom. The van der Waals surface area contributed by atoms with Crippen molar-refractivity contribution in [3.63, 3.8) is 0 Å². The number of carbonyl (C=O) groups excluding carboxylic acids is 2. The van der Waals surface area contributed by atoms with Crippen LogP contribution in [0.25, 0.3) is 0 Å². The van der Waals surface area contributed by atoms with Crippen molar-refractivity contribution in [2.24, 2.45) is 0 Å². The Bertz CT molecular complexity index is 1170. The van der Waals surface area contributed by atoms with E-state index in [4.69, 9.17) is 18.6 Å². The molecule has 0 radical (unpaired) electrons. The summed E-state index contributed by atoms with van der Waals surface area (Å²) in [4.78, 5) is 29.0. The van der Waals surface area contributed by atoms with Crippen molar-refractivity contribution in [1.29, 1.82) is 0 Å². The molecule has 3 aromatic rings. The summed E-state index contributed by atoms with van der Waals surface area (Å²) in [6.45, 7) is 0.104. The lowest BCUT2D eigenvalue weighted by Gasteiger charge is -2.32. The van der Waals surface area contributed by atoms with E-state index in [0.717, 1.165) is 25.7 Å². The molecule has 1 atom stereocenters. The molecular formula is C26H26N2O6. The summed E-state index contributed by atoms with van der Waals surface area (Å²) >= 11 is 0. The van der Waals surface area contributed by atoms with E-state index < -0.39 is 11.9 Å². The van der Waals surface area contributed by atoms with Gasteiger partial charge in [0.2, 0.25) is 12.7 Å². The highest BCUT2D eigenvalue weighted by atomic mass is 16.7. The molecule has 1 saturated carbocycles. The molecule has 2 heterocycles. The summed E-state index contributed by atoms with van der Waals surface area (Å²) in [5, 5.41) is 3.16. The lowest BCUT2D eigenvalue weighted by molar-refractivity contribution is -0.123. The number of amides is 2. The number of anilines is 1. The minimum Gasteiger partial charge on any atom is -0.497 e. The number of furan rings is 1. The van der Waals surface area contributed by atoms with Crippen molar-refractivity contribution in [2.45, 2.75) is 37.8 Å². The third-order valence-corrected chi connectivity index (χ3v) is 6.20. The van der Waals surface area contributed by atoms with Crippen LogP contribution in [-0.4, -0.2) is 31.8 Å². The lowest BCUT2D eigenvalue weighted by Crippen LogP contribution is -2.46. The van der Waals surface area contributed by atoms with Gasteiger partial charge in [-0.25, -0.2) is 0 Å². The van der Waals surface area contributed by atoms with E-state index in [1.54, 1.807) is 55.6 Å². The van der Waals surface area contributed by atoms with Crippen molar-refractivity contribution in [3.05, 3.63) is 72.2 Å². The molecule has 0 bridgehead atoms. The van der Waals surface area contributed by atoms with Gasteiger partial charge in [-0.3, -0.25) is 14.5 Å². The monoisotopic (exact) mass is 462 g/mol. The molecule has 2 aromatic carbocycles. The van der Waals surface area contributed by atoms with Crippen LogP contribution in [0.3, 0.4) is 0 Å². The minimum atomic E-state index is -0.964. The SMILES string of the molecule is COc1cccc([C@@H](C(=O)NC2CCCC2)N(C(=O)c2ccco2)c2ccc3c(c2)OCO3)c1. The highest BCUT2D eigenvalue weighted by Gasteiger charge is 2.36. The van der Waals surface area contributed by atoms with Crippen molar-refractivity contribution in [3.8, 4) is 17.2 Å². The fourth-order valence-corrected chi connectivity index (χ4v) is 4.52. The van der Waals surface area contributed by atoms with E-state index in [2.05, 4.69) is 5.32 Å². The van der Waals surface area contributed by atoms with Crippen LogP contribution in [-0.2, 0) is 4.79 Å². The van der Waals surface area contributed by atoms with Crippen LogP contribution in [0, 0.1) is 0 Å². The number of nitrogens with zero attached hydrogens (tertiary/aromatic N) is 1. The Kier molecular flexibility index (Phi) is 6.12.